The first kappa shape index (κ1) is 21.3. The van der Waals surface area contributed by atoms with Crippen molar-refractivity contribution in [3.8, 4) is 0 Å². The smallest absolute Gasteiger partial charge is 0.311 e. The van der Waals surface area contributed by atoms with E-state index in [1.165, 1.54) is 14.2 Å². The van der Waals surface area contributed by atoms with Gasteiger partial charge in [0.2, 0.25) is 0 Å². The van der Waals surface area contributed by atoms with Crippen LogP contribution in [0.4, 0.5) is 0 Å². The van der Waals surface area contributed by atoms with E-state index in [-0.39, 0.29) is 32.4 Å². The average molecular weight is 322 g/mol. The number of ether oxygens (including phenoxy) is 1. The number of rotatable bonds is 13. The van der Waals surface area contributed by atoms with Gasteiger partial charge in [-0.05, 0) is 26.2 Å². The zero-order valence-electron chi connectivity index (χ0n) is 14.3. The Kier molecular flexibility index (Phi) is 10.5. The third kappa shape index (κ3) is 6.58. The van der Waals surface area contributed by atoms with Crippen LogP contribution in [-0.2, 0) is 29.1 Å². The van der Waals surface area contributed by atoms with Gasteiger partial charge in [0.05, 0.1) is 38.3 Å². The summed E-state index contributed by atoms with van der Waals surface area (Å²) >= 11 is 0. The van der Waals surface area contributed by atoms with Gasteiger partial charge in [-0.1, -0.05) is 13.8 Å². The summed E-state index contributed by atoms with van der Waals surface area (Å²) in [5.41, 5.74) is -1.26. The van der Waals surface area contributed by atoms with Gasteiger partial charge in [-0.25, -0.2) is 19.6 Å². The van der Waals surface area contributed by atoms with Crippen molar-refractivity contribution >= 4 is 5.97 Å². The molecule has 0 aliphatic heterocycles. The van der Waals surface area contributed by atoms with Gasteiger partial charge >= 0.3 is 5.97 Å². The number of carbonyl (C=O) groups is 1. The molecule has 0 aliphatic carbocycles. The molecule has 0 fully saturated rings. The predicted molar refractivity (Wildman–Crippen MR) is 79.7 cm³/mol. The number of carbonyl (C=O) groups excluding carboxylic acids is 1. The van der Waals surface area contributed by atoms with Crippen molar-refractivity contribution in [1.82, 2.24) is 0 Å². The standard InChI is InChI=1S/C15H30O7/c1-6-14(3,8-9-16)13(17)20-10-15(7-2,11-21-18-4)12-22-19-5/h16H,6-12H2,1-5H3/t14-/m0/s1. The Bertz CT molecular complexity index is 300. The van der Waals surface area contributed by atoms with Crippen molar-refractivity contribution < 1.29 is 34.2 Å². The number of hydrogen-bond donors (Lipinski definition) is 1. The van der Waals surface area contributed by atoms with E-state index in [0.717, 1.165) is 0 Å². The maximum Gasteiger partial charge on any atom is 0.311 e. The molecule has 22 heavy (non-hydrogen) atoms. The van der Waals surface area contributed by atoms with Gasteiger partial charge < -0.3 is 9.84 Å². The van der Waals surface area contributed by atoms with Crippen molar-refractivity contribution in [3.05, 3.63) is 0 Å². The highest BCUT2D eigenvalue weighted by molar-refractivity contribution is 5.76. The second-order valence-electron chi connectivity index (χ2n) is 5.68. The summed E-state index contributed by atoms with van der Waals surface area (Å²) in [4.78, 5) is 31.6. The molecule has 132 valence electrons. The first-order valence-corrected chi connectivity index (χ1v) is 7.53. The van der Waals surface area contributed by atoms with Crippen LogP contribution in [0.2, 0.25) is 0 Å². The fourth-order valence-corrected chi connectivity index (χ4v) is 1.86. The Morgan fingerprint density at radius 1 is 1.00 bits per heavy atom. The second-order valence-corrected chi connectivity index (χ2v) is 5.68. The zero-order chi connectivity index (χ0) is 17.1. The SMILES string of the molecule is CCC(COOC)(COOC)COC(=O)[C@@](C)(CC)CCO. The Morgan fingerprint density at radius 2 is 1.55 bits per heavy atom. The average Bonchev–Trinajstić information content (AvgIpc) is 2.54. The van der Waals surface area contributed by atoms with Crippen LogP contribution in [0.25, 0.3) is 0 Å². The van der Waals surface area contributed by atoms with Crippen molar-refractivity contribution in [2.24, 2.45) is 10.8 Å². The van der Waals surface area contributed by atoms with E-state index >= 15 is 0 Å². The highest BCUT2D eigenvalue weighted by Crippen LogP contribution is 2.30. The summed E-state index contributed by atoms with van der Waals surface area (Å²) < 4.78 is 5.48. The van der Waals surface area contributed by atoms with Crippen LogP contribution < -0.4 is 0 Å². The molecule has 0 aromatic heterocycles. The molecule has 0 aromatic rings. The molecule has 1 atom stereocenters. The molecule has 0 aromatic carbocycles. The third-order valence-corrected chi connectivity index (χ3v) is 4.16. The van der Waals surface area contributed by atoms with Crippen molar-refractivity contribution in [3.63, 3.8) is 0 Å². The van der Waals surface area contributed by atoms with Crippen molar-refractivity contribution in [1.29, 1.82) is 0 Å². The molecule has 0 heterocycles. The molecule has 0 unspecified atom stereocenters. The fourth-order valence-electron chi connectivity index (χ4n) is 1.86. The highest BCUT2D eigenvalue weighted by atomic mass is 17.2. The Balaban J connectivity index is 4.81. The first-order valence-electron chi connectivity index (χ1n) is 7.53. The Morgan fingerprint density at radius 3 is 1.91 bits per heavy atom. The van der Waals surface area contributed by atoms with Gasteiger partial charge in [0, 0.05) is 6.61 Å². The number of aliphatic hydroxyl groups is 1. The van der Waals surface area contributed by atoms with Crippen LogP contribution in [0.1, 0.15) is 40.0 Å². The molecule has 1 N–H and O–H groups in total. The monoisotopic (exact) mass is 322 g/mol. The highest BCUT2D eigenvalue weighted by Gasteiger charge is 2.37. The van der Waals surface area contributed by atoms with E-state index in [2.05, 4.69) is 9.78 Å². The van der Waals surface area contributed by atoms with E-state index in [0.29, 0.717) is 19.3 Å². The minimum Gasteiger partial charge on any atom is -0.464 e. The van der Waals surface area contributed by atoms with Gasteiger partial charge in [0.1, 0.15) is 6.61 Å². The van der Waals surface area contributed by atoms with Crippen molar-refractivity contribution in [2.45, 2.75) is 40.0 Å². The Labute approximate surface area is 132 Å². The molecule has 0 saturated heterocycles. The number of esters is 1. The predicted octanol–water partition coefficient (Wildman–Crippen LogP) is 1.88. The lowest BCUT2D eigenvalue weighted by Gasteiger charge is -2.32. The molecule has 0 saturated carbocycles. The quantitative estimate of drug-likeness (QED) is 0.315. The largest absolute Gasteiger partial charge is 0.464 e. The zero-order valence-corrected chi connectivity index (χ0v) is 14.3. The topological polar surface area (TPSA) is 83.5 Å². The lowest BCUT2D eigenvalue weighted by molar-refractivity contribution is -0.327. The summed E-state index contributed by atoms with van der Waals surface area (Å²) in [5, 5.41) is 9.11. The summed E-state index contributed by atoms with van der Waals surface area (Å²) in [6.07, 6.45) is 1.61. The third-order valence-electron chi connectivity index (χ3n) is 4.16. The minimum absolute atomic E-state index is 0.0576. The molecular weight excluding hydrogens is 292 g/mol. The van der Waals surface area contributed by atoms with Crippen LogP contribution in [0.3, 0.4) is 0 Å². The van der Waals surface area contributed by atoms with Crippen LogP contribution in [0.15, 0.2) is 0 Å². The van der Waals surface area contributed by atoms with Crippen LogP contribution >= 0.6 is 0 Å². The van der Waals surface area contributed by atoms with Crippen LogP contribution in [0, 0.1) is 10.8 Å². The molecule has 0 aliphatic rings. The van der Waals surface area contributed by atoms with Gasteiger partial charge in [0.25, 0.3) is 0 Å². The molecular formula is C15H30O7. The normalized spacial score (nSPS) is 14.6. The second kappa shape index (κ2) is 10.9. The molecule has 7 nitrogen and oxygen atoms in total. The van der Waals surface area contributed by atoms with Gasteiger partial charge in [0.15, 0.2) is 0 Å². The maximum atomic E-state index is 12.3. The van der Waals surface area contributed by atoms with E-state index in [4.69, 9.17) is 19.6 Å². The molecule has 0 spiro atoms. The molecule has 7 heteroatoms. The van der Waals surface area contributed by atoms with E-state index in [1.54, 1.807) is 6.92 Å². The van der Waals surface area contributed by atoms with Crippen LogP contribution in [-0.4, -0.2) is 51.7 Å². The number of hydrogen-bond acceptors (Lipinski definition) is 7. The molecule has 0 radical (unpaired) electrons. The van der Waals surface area contributed by atoms with Gasteiger partial charge in [-0.3, -0.25) is 4.79 Å². The van der Waals surface area contributed by atoms with Gasteiger partial charge in [-0.15, -0.1) is 0 Å². The summed E-state index contributed by atoms with van der Waals surface area (Å²) in [6, 6.07) is 0. The van der Waals surface area contributed by atoms with Crippen molar-refractivity contribution in [2.75, 3.05) is 40.6 Å². The summed E-state index contributed by atoms with van der Waals surface area (Å²) in [5.74, 6) is -0.336. The van der Waals surface area contributed by atoms with E-state index in [1.807, 2.05) is 13.8 Å². The minimum atomic E-state index is -0.696. The molecule has 0 bridgehead atoms. The maximum absolute atomic E-state index is 12.3. The molecule has 0 rings (SSSR count). The first-order chi connectivity index (χ1) is 10.4. The lowest BCUT2D eigenvalue weighted by atomic mass is 9.84. The fraction of sp³-hybridized carbons (Fsp3) is 0.933. The number of aliphatic hydroxyl groups excluding tert-OH is 1. The van der Waals surface area contributed by atoms with Crippen LogP contribution in [0.5, 0.6) is 0 Å². The lowest BCUT2D eigenvalue weighted by Crippen LogP contribution is -2.40. The van der Waals surface area contributed by atoms with E-state index in [9.17, 15) is 4.79 Å². The Hall–Kier alpha value is -0.730. The molecule has 0 amide bonds. The van der Waals surface area contributed by atoms with E-state index < -0.39 is 10.8 Å². The summed E-state index contributed by atoms with van der Waals surface area (Å²) in [7, 11) is 2.83. The van der Waals surface area contributed by atoms with Gasteiger partial charge in [-0.2, -0.15) is 0 Å². The summed E-state index contributed by atoms with van der Waals surface area (Å²) in [6.45, 7) is 6.11.